The van der Waals surface area contributed by atoms with Crippen molar-refractivity contribution < 1.29 is 19.0 Å². The summed E-state index contributed by atoms with van der Waals surface area (Å²) in [5.41, 5.74) is 14.6. The van der Waals surface area contributed by atoms with E-state index in [1.165, 1.54) is 44.9 Å². The third-order valence-electron chi connectivity index (χ3n) is 13.6. The summed E-state index contributed by atoms with van der Waals surface area (Å²) in [6.07, 6.45) is 12.5. The van der Waals surface area contributed by atoms with Crippen molar-refractivity contribution in [2.24, 2.45) is 52.3 Å². The highest BCUT2D eigenvalue weighted by molar-refractivity contribution is 5.74. The number of nitrogens with two attached hydrogens (primary N) is 2. The van der Waals surface area contributed by atoms with Gasteiger partial charge in [0.05, 0.1) is 19.1 Å². The molecule has 6 heteroatoms. The SMILES string of the molecule is CC1CCC2(OC1)OC1CC3C4CCC5CC(OC(=O)Cc6cc(N)cc(N)c6)CCC5(C)C4CCC3(C)C1C2C. The number of anilines is 2. The zero-order valence-corrected chi connectivity index (χ0v) is 25.7. The summed E-state index contributed by atoms with van der Waals surface area (Å²) in [7, 11) is 0. The van der Waals surface area contributed by atoms with Crippen LogP contribution in [0, 0.1) is 52.3 Å². The van der Waals surface area contributed by atoms with Crippen LogP contribution in [0.1, 0.15) is 97.5 Å². The summed E-state index contributed by atoms with van der Waals surface area (Å²) >= 11 is 0. The molecular formula is C35H52N2O4. The molecule has 0 amide bonds. The van der Waals surface area contributed by atoms with Crippen molar-refractivity contribution in [2.45, 2.75) is 116 Å². The first-order chi connectivity index (χ1) is 19.5. The van der Waals surface area contributed by atoms with Crippen LogP contribution >= 0.6 is 0 Å². The van der Waals surface area contributed by atoms with E-state index in [0.29, 0.717) is 52.0 Å². The molecular weight excluding hydrogens is 512 g/mol. The van der Waals surface area contributed by atoms with E-state index >= 15 is 0 Å². The van der Waals surface area contributed by atoms with Gasteiger partial charge < -0.3 is 25.7 Å². The first kappa shape index (κ1) is 28.0. The molecule has 1 aromatic carbocycles. The summed E-state index contributed by atoms with van der Waals surface area (Å²) in [5, 5.41) is 0. The minimum absolute atomic E-state index is 0.0267. The molecule has 6 fully saturated rings. The van der Waals surface area contributed by atoms with Crippen LogP contribution in [0.15, 0.2) is 18.2 Å². The lowest BCUT2D eigenvalue weighted by Crippen LogP contribution is -2.55. The van der Waals surface area contributed by atoms with Gasteiger partial charge in [0.15, 0.2) is 5.79 Å². The number of rotatable bonds is 3. The summed E-state index contributed by atoms with van der Waals surface area (Å²) < 4.78 is 19.5. The average molecular weight is 565 g/mol. The quantitative estimate of drug-likeness (QED) is 0.311. The molecule has 4 aliphatic carbocycles. The van der Waals surface area contributed by atoms with Crippen molar-refractivity contribution in [3.05, 3.63) is 23.8 Å². The van der Waals surface area contributed by atoms with E-state index in [2.05, 4.69) is 27.7 Å². The summed E-state index contributed by atoms with van der Waals surface area (Å²) in [6, 6.07) is 5.35. The Bertz CT molecular complexity index is 1160. The van der Waals surface area contributed by atoms with E-state index in [1.807, 2.05) is 12.1 Å². The van der Waals surface area contributed by atoms with E-state index in [0.717, 1.165) is 49.2 Å². The molecule has 1 spiro atoms. The molecule has 12 atom stereocenters. The lowest BCUT2D eigenvalue weighted by atomic mass is 9.44. The second kappa shape index (κ2) is 9.87. The smallest absolute Gasteiger partial charge is 0.310 e. The molecule has 6 aliphatic rings. The summed E-state index contributed by atoms with van der Waals surface area (Å²) in [6.45, 7) is 10.8. The molecule has 4 saturated carbocycles. The molecule has 0 aromatic heterocycles. The Morgan fingerprint density at radius 1 is 0.927 bits per heavy atom. The third kappa shape index (κ3) is 4.44. The minimum Gasteiger partial charge on any atom is -0.462 e. The van der Waals surface area contributed by atoms with Gasteiger partial charge in [0.2, 0.25) is 0 Å². The van der Waals surface area contributed by atoms with Gasteiger partial charge in [0, 0.05) is 23.7 Å². The average Bonchev–Trinajstić information content (AvgIpc) is 3.35. The van der Waals surface area contributed by atoms with Crippen molar-refractivity contribution in [1.82, 2.24) is 0 Å². The predicted molar refractivity (Wildman–Crippen MR) is 161 cm³/mol. The molecule has 6 nitrogen and oxygen atoms in total. The number of esters is 1. The molecule has 2 heterocycles. The number of carbonyl (C=O) groups excluding carboxylic acids is 1. The third-order valence-corrected chi connectivity index (χ3v) is 13.6. The van der Waals surface area contributed by atoms with Gasteiger partial charge in [-0.1, -0.05) is 27.7 Å². The van der Waals surface area contributed by atoms with Gasteiger partial charge in [0.1, 0.15) is 6.10 Å². The molecule has 226 valence electrons. The number of ether oxygens (including phenoxy) is 3. The van der Waals surface area contributed by atoms with Crippen molar-refractivity contribution in [3.63, 3.8) is 0 Å². The van der Waals surface area contributed by atoms with Crippen LogP contribution in [0.25, 0.3) is 0 Å². The highest BCUT2D eigenvalue weighted by atomic mass is 16.7. The minimum atomic E-state index is -0.328. The van der Waals surface area contributed by atoms with Gasteiger partial charge in [-0.05, 0) is 128 Å². The Morgan fingerprint density at radius 3 is 2.41 bits per heavy atom. The van der Waals surface area contributed by atoms with Crippen LogP contribution in [0.4, 0.5) is 11.4 Å². The van der Waals surface area contributed by atoms with Gasteiger partial charge >= 0.3 is 5.97 Å². The Balaban J connectivity index is 1.01. The molecule has 12 unspecified atom stereocenters. The molecule has 2 saturated heterocycles. The van der Waals surface area contributed by atoms with Crippen LogP contribution in [0.2, 0.25) is 0 Å². The second-order valence-corrected chi connectivity index (χ2v) is 15.7. The van der Waals surface area contributed by atoms with Crippen molar-refractivity contribution in [1.29, 1.82) is 0 Å². The maximum atomic E-state index is 12.9. The standard InChI is InChI=1S/C35H52N2O4/c1-20-7-12-35(39-19-20)21(2)32-30(41-35)18-29-27-6-5-23-16-26(8-10-33(23,3)28(27)9-11-34(29,32)4)40-31(38)15-22-13-24(36)17-25(37)14-22/h13-14,17,20-21,23,26-30,32H,5-12,15-16,18-19,36-37H2,1-4H3. The first-order valence-corrected chi connectivity index (χ1v) is 16.7. The van der Waals surface area contributed by atoms with Gasteiger partial charge in [-0.25, -0.2) is 0 Å². The van der Waals surface area contributed by atoms with Gasteiger partial charge in [-0.2, -0.15) is 0 Å². The fourth-order valence-corrected chi connectivity index (χ4v) is 11.6. The fraction of sp³-hybridized carbons (Fsp3) is 0.800. The zero-order chi connectivity index (χ0) is 28.7. The highest BCUT2D eigenvalue weighted by Gasteiger charge is 2.69. The largest absolute Gasteiger partial charge is 0.462 e. The van der Waals surface area contributed by atoms with Crippen LogP contribution in [0.3, 0.4) is 0 Å². The Kier molecular flexibility index (Phi) is 6.74. The highest BCUT2D eigenvalue weighted by Crippen LogP contribution is 2.71. The summed E-state index contributed by atoms with van der Waals surface area (Å²) in [5.74, 6) is 4.24. The normalized spacial score (nSPS) is 48.6. The topological polar surface area (TPSA) is 96.8 Å². The van der Waals surface area contributed by atoms with Crippen LogP contribution in [0.5, 0.6) is 0 Å². The number of hydrogen-bond donors (Lipinski definition) is 2. The number of carbonyl (C=O) groups is 1. The number of hydrogen-bond acceptors (Lipinski definition) is 6. The van der Waals surface area contributed by atoms with Gasteiger partial charge in [-0.15, -0.1) is 0 Å². The van der Waals surface area contributed by atoms with Gasteiger partial charge in [0.25, 0.3) is 0 Å². The summed E-state index contributed by atoms with van der Waals surface area (Å²) in [4.78, 5) is 12.9. The predicted octanol–water partition coefficient (Wildman–Crippen LogP) is 6.75. The molecule has 7 rings (SSSR count). The van der Waals surface area contributed by atoms with Crippen molar-refractivity contribution in [2.75, 3.05) is 18.1 Å². The van der Waals surface area contributed by atoms with Crippen LogP contribution < -0.4 is 11.5 Å². The van der Waals surface area contributed by atoms with Gasteiger partial charge in [-0.3, -0.25) is 4.79 Å². The van der Waals surface area contributed by atoms with E-state index < -0.39 is 0 Å². The molecule has 0 bridgehead atoms. The van der Waals surface area contributed by atoms with E-state index in [4.69, 9.17) is 25.7 Å². The maximum absolute atomic E-state index is 12.9. The monoisotopic (exact) mass is 564 g/mol. The molecule has 1 aromatic rings. The fourth-order valence-electron chi connectivity index (χ4n) is 11.6. The molecule has 0 radical (unpaired) electrons. The number of fused-ring (bicyclic) bond motifs is 7. The van der Waals surface area contributed by atoms with Crippen molar-refractivity contribution in [3.8, 4) is 0 Å². The molecule has 4 N–H and O–H groups in total. The second-order valence-electron chi connectivity index (χ2n) is 15.7. The number of nitrogen functional groups attached to an aromatic ring is 2. The van der Waals surface area contributed by atoms with E-state index in [-0.39, 0.29) is 24.3 Å². The zero-order valence-electron chi connectivity index (χ0n) is 25.7. The van der Waals surface area contributed by atoms with E-state index in [1.54, 1.807) is 6.07 Å². The maximum Gasteiger partial charge on any atom is 0.310 e. The Hall–Kier alpha value is -1.79. The molecule has 41 heavy (non-hydrogen) atoms. The molecule has 2 aliphatic heterocycles. The first-order valence-electron chi connectivity index (χ1n) is 16.7. The van der Waals surface area contributed by atoms with Crippen LogP contribution in [-0.2, 0) is 25.4 Å². The number of benzene rings is 1. The lowest BCUT2D eigenvalue weighted by molar-refractivity contribution is -0.273. The Morgan fingerprint density at radius 2 is 1.68 bits per heavy atom. The van der Waals surface area contributed by atoms with E-state index in [9.17, 15) is 4.79 Å². The van der Waals surface area contributed by atoms with Crippen molar-refractivity contribution >= 4 is 17.3 Å². The lowest BCUT2D eigenvalue weighted by Gasteiger charge is -2.61. The Labute approximate surface area is 246 Å². The van der Waals surface area contributed by atoms with Crippen LogP contribution in [-0.4, -0.2) is 30.6 Å².